The molecule has 0 saturated carbocycles. The lowest BCUT2D eigenvalue weighted by Crippen LogP contribution is -2.40. The number of carbonyl (C=O) groups is 1. The van der Waals surface area contributed by atoms with Gasteiger partial charge in [0.05, 0.1) is 7.11 Å². The van der Waals surface area contributed by atoms with Gasteiger partial charge < -0.3 is 4.74 Å². The quantitative estimate of drug-likeness (QED) is 0.828. The zero-order valence-corrected chi connectivity index (χ0v) is 12.2. The Hall–Kier alpha value is -1.43. The zero-order valence-electron chi connectivity index (χ0n) is 11.4. The highest BCUT2D eigenvalue weighted by Gasteiger charge is 2.37. The number of rotatable bonds is 5. The van der Waals surface area contributed by atoms with Crippen LogP contribution >= 0.6 is 0 Å². The van der Waals surface area contributed by atoms with E-state index in [1.165, 1.54) is 39.2 Å². The fourth-order valence-corrected chi connectivity index (χ4v) is 1.91. The number of hydrogen-bond acceptors (Lipinski definition) is 4. The molecule has 1 aromatic carbocycles. The first-order valence-electron chi connectivity index (χ1n) is 5.65. The molecule has 0 saturated heterocycles. The Morgan fingerprint density at radius 2 is 1.95 bits per heavy atom. The van der Waals surface area contributed by atoms with E-state index >= 15 is 0 Å². The molecule has 0 bridgehead atoms. The van der Waals surface area contributed by atoms with Crippen molar-refractivity contribution in [2.45, 2.75) is 25.0 Å². The summed E-state index contributed by atoms with van der Waals surface area (Å²) in [4.78, 5) is 12.0. The average Bonchev–Trinajstić information content (AvgIpc) is 2.27. The van der Waals surface area contributed by atoms with Gasteiger partial charge in [-0.05, 0) is 31.5 Å². The molecule has 106 valence electrons. The van der Waals surface area contributed by atoms with Crippen molar-refractivity contribution in [3.05, 3.63) is 29.6 Å². The molecule has 4 nitrogen and oxygen atoms in total. The summed E-state index contributed by atoms with van der Waals surface area (Å²) in [5, 5.41) is 0. The highest BCUT2D eigenvalue weighted by atomic mass is 32.2. The summed E-state index contributed by atoms with van der Waals surface area (Å²) in [6, 6.07) is 4.12. The number of halogens is 1. The lowest BCUT2D eigenvalue weighted by atomic mass is 10.00. The van der Waals surface area contributed by atoms with Gasteiger partial charge in [-0.1, -0.05) is 6.07 Å². The van der Waals surface area contributed by atoms with Crippen molar-refractivity contribution in [2.75, 3.05) is 13.4 Å². The average molecular weight is 288 g/mol. The molecular weight excluding hydrogens is 271 g/mol. The van der Waals surface area contributed by atoms with Gasteiger partial charge in [0.2, 0.25) is 0 Å². The predicted octanol–water partition coefficient (Wildman–Crippen LogP) is 1.77. The van der Waals surface area contributed by atoms with E-state index in [0.717, 1.165) is 6.26 Å². The van der Waals surface area contributed by atoms with Crippen LogP contribution in [-0.4, -0.2) is 32.3 Å². The van der Waals surface area contributed by atoms with Crippen molar-refractivity contribution in [2.24, 2.45) is 0 Å². The van der Waals surface area contributed by atoms with Gasteiger partial charge in [-0.3, -0.25) is 4.79 Å². The second-order valence-electron chi connectivity index (χ2n) is 4.85. The van der Waals surface area contributed by atoms with E-state index in [2.05, 4.69) is 0 Å². The van der Waals surface area contributed by atoms with Crippen molar-refractivity contribution < 1.29 is 22.3 Å². The van der Waals surface area contributed by atoms with E-state index in [9.17, 15) is 17.6 Å². The summed E-state index contributed by atoms with van der Waals surface area (Å²) < 4.78 is 39.8. The lowest BCUT2D eigenvalue weighted by Gasteiger charge is -2.20. The van der Waals surface area contributed by atoms with Crippen LogP contribution in [0.2, 0.25) is 0 Å². The van der Waals surface area contributed by atoms with Crippen molar-refractivity contribution in [3.63, 3.8) is 0 Å². The summed E-state index contributed by atoms with van der Waals surface area (Å²) in [5.74, 6) is -0.969. The monoisotopic (exact) mass is 288 g/mol. The van der Waals surface area contributed by atoms with Crippen LogP contribution < -0.4 is 4.74 Å². The van der Waals surface area contributed by atoms with Crippen molar-refractivity contribution in [1.82, 2.24) is 0 Å². The molecule has 0 spiro atoms. The van der Waals surface area contributed by atoms with Crippen molar-refractivity contribution in [1.29, 1.82) is 0 Å². The Morgan fingerprint density at radius 3 is 2.37 bits per heavy atom. The molecule has 0 aliphatic rings. The highest BCUT2D eigenvalue weighted by Crippen LogP contribution is 2.22. The van der Waals surface area contributed by atoms with Crippen LogP contribution in [0.5, 0.6) is 5.75 Å². The van der Waals surface area contributed by atoms with Crippen molar-refractivity contribution >= 4 is 15.6 Å². The third kappa shape index (κ3) is 3.32. The van der Waals surface area contributed by atoms with Crippen LogP contribution in [0.3, 0.4) is 0 Å². The Labute approximate surface area is 112 Å². The predicted molar refractivity (Wildman–Crippen MR) is 70.6 cm³/mol. The molecule has 0 fully saturated rings. The fraction of sp³-hybridized carbons (Fsp3) is 0.462. The topological polar surface area (TPSA) is 60.4 Å². The first-order chi connectivity index (χ1) is 8.59. The second-order valence-corrected chi connectivity index (χ2v) is 7.42. The molecule has 19 heavy (non-hydrogen) atoms. The largest absolute Gasteiger partial charge is 0.494 e. The van der Waals surface area contributed by atoms with Crippen molar-refractivity contribution in [3.8, 4) is 5.75 Å². The summed E-state index contributed by atoms with van der Waals surface area (Å²) in [5.41, 5.74) is 0.417. The molecule has 0 aliphatic heterocycles. The Kier molecular flexibility index (Phi) is 4.35. The van der Waals surface area contributed by atoms with Crippen LogP contribution in [0.15, 0.2) is 18.2 Å². The Bertz CT molecular complexity index is 591. The minimum atomic E-state index is -3.51. The highest BCUT2D eigenvalue weighted by molar-refractivity contribution is 7.92. The number of methoxy groups -OCH3 is 1. The zero-order chi connectivity index (χ0) is 14.8. The minimum Gasteiger partial charge on any atom is -0.494 e. The number of ether oxygens (including phenoxy) is 1. The van der Waals surface area contributed by atoms with Gasteiger partial charge in [-0.25, -0.2) is 12.8 Å². The molecule has 0 atom stereocenters. The maximum Gasteiger partial charge on any atom is 0.165 e. The molecule has 1 aromatic rings. The first-order valence-corrected chi connectivity index (χ1v) is 7.54. The van der Waals surface area contributed by atoms with Gasteiger partial charge in [-0.2, -0.15) is 0 Å². The van der Waals surface area contributed by atoms with E-state index in [1.54, 1.807) is 0 Å². The van der Waals surface area contributed by atoms with Gasteiger partial charge in [0.15, 0.2) is 27.2 Å². The third-order valence-electron chi connectivity index (χ3n) is 3.18. The van der Waals surface area contributed by atoms with E-state index in [0.29, 0.717) is 5.56 Å². The Balaban J connectivity index is 2.98. The van der Waals surface area contributed by atoms with E-state index in [4.69, 9.17) is 4.74 Å². The summed E-state index contributed by atoms with van der Waals surface area (Å²) in [7, 11) is -2.17. The van der Waals surface area contributed by atoms with Crippen LogP contribution in [0.1, 0.15) is 19.4 Å². The molecule has 0 aliphatic carbocycles. The number of hydrogen-bond donors (Lipinski definition) is 0. The van der Waals surface area contributed by atoms with E-state index in [1.807, 2.05) is 0 Å². The summed E-state index contributed by atoms with van der Waals surface area (Å²) in [6.07, 6.45) is 0.875. The SMILES string of the molecule is COc1ccc(CC(=O)C(C)(C)S(C)(=O)=O)cc1F. The normalized spacial score (nSPS) is 12.3. The first kappa shape index (κ1) is 15.6. The van der Waals surface area contributed by atoms with Crippen LogP contribution in [0.25, 0.3) is 0 Å². The Morgan fingerprint density at radius 1 is 1.37 bits per heavy atom. The molecule has 6 heteroatoms. The molecule has 0 amide bonds. The van der Waals surface area contributed by atoms with Crippen LogP contribution in [0, 0.1) is 5.82 Å². The number of carbonyl (C=O) groups excluding carboxylic acids is 1. The number of benzene rings is 1. The van der Waals surface area contributed by atoms with Gasteiger partial charge in [0.1, 0.15) is 4.75 Å². The smallest absolute Gasteiger partial charge is 0.165 e. The standard InChI is InChI=1S/C13H17FO4S/c1-13(2,19(4,16)17)12(15)8-9-5-6-11(18-3)10(14)7-9/h5-7H,8H2,1-4H3. The molecular formula is C13H17FO4S. The van der Waals surface area contributed by atoms with Crippen LogP contribution in [0.4, 0.5) is 4.39 Å². The van der Waals surface area contributed by atoms with E-state index < -0.39 is 26.2 Å². The molecule has 0 radical (unpaired) electrons. The molecule has 1 rings (SSSR count). The molecule has 0 unspecified atom stereocenters. The summed E-state index contributed by atoms with van der Waals surface area (Å²) >= 11 is 0. The maximum atomic E-state index is 13.5. The van der Waals surface area contributed by atoms with Gasteiger partial charge in [-0.15, -0.1) is 0 Å². The van der Waals surface area contributed by atoms with Gasteiger partial charge >= 0.3 is 0 Å². The number of ketones is 1. The maximum absolute atomic E-state index is 13.5. The molecule has 0 N–H and O–H groups in total. The number of Topliss-reactive ketones (excluding diaryl/α,β-unsaturated/α-hetero) is 1. The molecule has 0 heterocycles. The third-order valence-corrected chi connectivity index (χ3v) is 5.26. The van der Waals surface area contributed by atoms with Gasteiger partial charge in [0.25, 0.3) is 0 Å². The number of sulfone groups is 1. The second kappa shape index (κ2) is 5.28. The lowest BCUT2D eigenvalue weighted by molar-refractivity contribution is -0.120. The van der Waals surface area contributed by atoms with E-state index in [-0.39, 0.29) is 12.2 Å². The summed E-state index contributed by atoms with van der Waals surface area (Å²) in [6.45, 7) is 2.70. The molecule has 0 aromatic heterocycles. The fourth-order valence-electron chi connectivity index (χ4n) is 1.42. The van der Waals surface area contributed by atoms with Gasteiger partial charge in [0, 0.05) is 12.7 Å². The van der Waals surface area contributed by atoms with Crippen LogP contribution in [-0.2, 0) is 21.1 Å². The minimum absolute atomic E-state index is 0.0820.